The van der Waals surface area contributed by atoms with Gasteiger partial charge < -0.3 is 10.4 Å². The van der Waals surface area contributed by atoms with E-state index in [9.17, 15) is 14.0 Å². The lowest BCUT2D eigenvalue weighted by molar-refractivity contribution is -0.142. The van der Waals surface area contributed by atoms with Crippen LogP contribution in [0.25, 0.3) is 0 Å². The largest absolute Gasteiger partial charge is 0.480 e. The van der Waals surface area contributed by atoms with Crippen LogP contribution in [0.5, 0.6) is 0 Å². The monoisotopic (exact) mass is 315 g/mol. The van der Waals surface area contributed by atoms with Crippen molar-refractivity contribution in [3.63, 3.8) is 0 Å². The smallest absolute Gasteiger partial charge is 0.326 e. The third-order valence-electron chi connectivity index (χ3n) is 3.35. The molecule has 0 saturated heterocycles. The van der Waals surface area contributed by atoms with Crippen LogP contribution >= 0.6 is 11.6 Å². The first-order valence-corrected chi connectivity index (χ1v) is 7.07. The molecular weight excluding hydrogens is 297 g/mol. The highest BCUT2D eigenvalue weighted by molar-refractivity contribution is 6.30. The topological polar surface area (TPSA) is 66.4 Å². The maximum Gasteiger partial charge on any atom is 0.326 e. The molecule has 6 heteroatoms. The van der Waals surface area contributed by atoms with Crippen molar-refractivity contribution < 1.29 is 19.1 Å². The Morgan fingerprint density at radius 1 is 1.43 bits per heavy atom. The van der Waals surface area contributed by atoms with Gasteiger partial charge in [0.1, 0.15) is 11.9 Å². The predicted octanol–water partition coefficient (Wildman–Crippen LogP) is 3.13. The molecule has 0 aliphatic heterocycles. The van der Waals surface area contributed by atoms with Crippen LogP contribution in [-0.2, 0) is 15.0 Å². The number of carboxylic acid groups (broad SMARTS) is 1. The summed E-state index contributed by atoms with van der Waals surface area (Å²) >= 11 is 5.70. The minimum absolute atomic E-state index is 0.171. The SMILES string of the molecule is CCCC(NC(=O)C(C)(C)c1ccc(Cl)cc1F)C(=O)O. The molecule has 1 unspecified atom stereocenters. The summed E-state index contributed by atoms with van der Waals surface area (Å²) in [5.41, 5.74) is -1.03. The van der Waals surface area contributed by atoms with Crippen molar-refractivity contribution in [2.45, 2.75) is 45.1 Å². The molecule has 0 radical (unpaired) electrons. The molecule has 1 aromatic carbocycles. The van der Waals surface area contributed by atoms with Crippen LogP contribution in [0.1, 0.15) is 39.2 Å². The van der Waals surface area contributed by atoms with Gasteiger partial charge in [-0.25, -0.2) is 9.18 Å². The molecule has 0 aromatic heterocycles. The van der Waals surface area contributed by atoms with E-state index in [2.05, 4.69) is 5.32 Å². The Bertz CT molecular complexity index is 546. The number of rotatable bonds is 6. The number of amides is 1. The quantitative estimate of drug-likeness (QED) is 0.847. The second-order valence-electron chi connectivity index (χ2n) is 5.40. The molecule has 0 saturated carbocycles. The van der Waals surface area contributed by atoms with Crippen LogP contribution < -0.4 is 5.32 Å². The molecule has 0 aliphatic carbocycles. The van der Waals surface area contributed by atoms with E-state index in [0.29, 0.717) is 12.8 Å². The van der Waals surface area contributed by atoms with E-state index < -0.39 is 29.2 Å². The second-order valence-corrected chi connectivity index (χ2v) is 5.84. The zero-order chi connectivity index (χ0) is 16.2. The molecular formula is C15H19ClFNO3. The van der Waals surface area contributed by atoms with E-state index in [1.807, 2.05) is 6.92 Å². The van der Waals surface area contributed by atoms with Crippen LogP contribution in [-0.4, -0.2) is 23.0 Å². The minimum Gasteiger partial charge on any atom is -0.480 e. The predicted molar refractivity (Wildman–Crippen MR) is 78.9 cm³/mol. The summed E-state index contributed by atoms with van der Waals surface area (Å²) < 4.78 is 14.0. The zero-order valence-corrected chi connectivity index (χ0v) is 13.0. The van der Waals surface area contributed by atoms with Crippen molar-refractivity contribution in [1.29, 1.82) is 0 Å². The number of nitrogens with one attached hydrogen (secondary N) is 1. The summed E-state index contributed by atoms with van der Waals surface area (Å²) in [6, 6.07) is 3.09. The lowest BCUT2D eigenvalue weighted by Crippen LogP contribution is -2.48. The molecule has 0 heterocycles. The van der Waals surface area contributed by atoms with Crippen molar-refractivity contribution in [2.75, 3.05) is 0 Å². The number of hydrogen-bond donors (Lipinski definition) is 2. The minimum atomic E-state index is -1.20. The molecule has 1 atom stereocenters. The molecule has 1 aromatic rings. The number of carboxylic acids is 1. The van der Waals surface area contributed by atoms with Crippen molar-refractivity contribution in [1.82, 2.24) is 5.32 Å². The fraction of sp³-hybridized carbons (Fsp3) is 0.467. The van der Waals surface area contributed by atoms with Crippen LogP contribution in [0.15, 0.2) is 18.2 Å². The van der Waals surface area contributed by atoms with Gasteiger partial charge >= 0.3 is 5.97 Å². The van der Waals surface area contributed by atoms with Gasteiger partial charge in [0.05, 0.1) is 5.41 Å². The van der Waals surface area contributed by atoms with Gasteiger partial charge in [-0.05, 0) is 32.4 Å². The van der Waals surface area contributed by atoms with Crippen LogP contribution in [0.4, 0.5) is 4.39 Å². The molecule has 0 fully saturated rings. The average Bonchev–Trinajstić information content (AvgIpc) is 2.37. The Morgan fingerprint density at radius 2 is 2.05 bits per heavy atom. The first-order valence-electron chi connectivity index (χ1n) is 6.69. The Kier molecular flexibility index (Phi) is 5.72. The molecule has 116 valence electrons. The average molecular weight is 316 g/mol. The summed E-state index contributed by atoms with van der Waals surface area (Å²) in [6.45, 7) is 4.91. The maximum atomic E-state index is 14.0. The summed E-state index contributed by atoms with van der Waals surface area (Å²) in [4.78, 5) is 23.4. The van der Waals surface area contributed by atoms with Crippen LogP contribution in [0.2, 0.25) is 5.02 Å². The molecule has 1 rings (SSSR count). The molecule has 1 amide bonds. The normalized spacial score (nSPS) is 12.8. The van der Waals surface area contributed by atoms with Gasteiger partial charge in [0.2, 0.25) is 5.91 Å². The van der Waals surface area contributed by atoms with E-state index in [1.165, 1.54) is 12.1 Å². The van der Waals surface area contributed by atoms with E-state index in [4.69, 9.17) is 16.7 Å². The summed E-state index contributed by atoms with van der Waals surface area (Å²) in [5, 5.41) is 11.8. The highest BCUT2D eigenvalue weighted by atomic mass is 35.5. The number of benzene rings is 1. The molecule has 2 N–H and O–H groups in total. The standard InChI is InChI=1S/C15H19ClFNO3/c1-4-5-12(13(19)20)18-14(21)15(2,3)10-7-6-9(16)8-11(10)17/h6-8,12H,4-5H2,1-3H3,(H,18,21)(H,19,20). The zero-order valence-electron chi connectivity index (χ0n) is 12.2. The summed E-state index contributed by atoms with van der Waals surface area (Å²) in [5.74, 6) is -2.23. The maximum absolute atomic E-state index is 14.0. The Hall–Kier alpha value is -1.62. The summed E-state index contributed by atoms with van der Waals surface area (Å²) in [6.07, 6.45) is 0.938. The Labute approximate surface area is 128 Å². The number of carbonyl (C=O) groups excluding carboxylic acids is 1. The fourth-order valence-electron chi connectivity index (χ4n) is 2.00. The molecule has 4 nitrogen and oxygen atoms in total. The third kappa shape index (κ3) is 4.17. The van der Waals surface area contributed by atoms with Crippen molar-refractivity contribution >= 4 is 23.5 Å². The first kappa shape index (κ1) is 17.4. The van der Waals surface area contributed by atoms with Gasteiger partial charge in [-0.15, -0.1) is 0 Å². The second kappa shape index (κ2) is 6.89. The Morgan fingerprint density at radius 3 is 2.52 bits per heavy atom. The van der Waals surface area contributed by atoms with E-state index >= 15 is 0 Å². The van der Waals surface area contributed by atoms with Gasteiger partial charge in [0.15, 0.2) is 0 Å². The number of aliphatic carboxylic acids is 1. The van der Waals surface area contributed by atoms with Crippen LogP contribution in [0.3, 0.4) is 0 Å². The van der Waals surface area contributed by atoms with E-state index in [1.54, 1.807) is 13.8 Å². The van der Waals surface area contributed by atoms with Gasteiger partial charge in [-0.2, -0.15) is 0 Å². The lowest BCUT2D eigenvalue weighted by Gasteiger charge is -2.26. The third-order valence-corrected chi connectivity index (χ3v) is 3.59. The highest BCUT2D eigenvalue weighted by Gasteiger charge is 2.34. The highest BCUT2D eigenvalue weighted by Crippen LogP contribution is 2.28. The van der Waals surface area contributed by atoms with Gasteiger partial charge in [0.25, 0.3) is 0 Å². The molecule has 21 heavy (non-hydrogen) atoms. The van der Waals surface area contributed by atoms with Gasteiger partial charge in [-0.3, -0.25) is 4.79 Å². The molecule has 0 aliphatic rings. The molecule has 0 bridgehead atoms. The fourth-order valence-corrected chi connectivity index (χ4v) is 2.16. The van der Waals surface area contributed by atoms with Gasteiger partial charge in [-0.1, -0.05) is 31.0 Å². The van der Waals surface area contributed by atoms with E-state index in [0.717, 1.165) is 6.07 Å². The van der Waals surface area contributed by atoms with E-state index in [-0.39, 0.29) is 10.6 Å². The number of carbonyl (C=O) groups is 2. The number of hydrogen-bond acceptors (Lipinski definition) is 2. The van der Waals surface area contributed by atoms with Crippen molar-refractivity contribution in [3.05, 3.63) is 34.6 Å². The van der Waals surface area contributed by atoms with Crippen LogP contribution in [0, 0.1) is 5.82 Å². The van der Waals surface area contributed by atoms with Crippen molar-refractivity contribution in [3.8, 4) is 0 Å². The number of halogens is 2. The van der Waals surface area contributed by atoms with Gasteiger partial charge in [0, 0.05) is 10.6 Å². The first-order chi connectivity index (χ1) is 9.70. The Balaban J connectivity index is 3.00. The molecule has 0 spiro atoms. The summed E-state index contributed by atoms with van der Waals surface area (Å²) in [7, 11) is 0. The lowest BCUT2D eigenvalue weighted by atomic mass is 9.83. The van der Waals surface area contributed by atoms with Crippen molar-refractivity contribution in [2.24, 2.45) is 0 Å².